The van der Waals surface area contributed by atoms with Crippen LogP contribution in [0.25, 0.3) is 10.9 Å². The first-order chi connectivity index (χ1) is 10.0. The second kappa shape index (κ2) is 6.76. The van der Waals surface area contributed by atoms with Crippen molar-refractivity contribution in [2.45, 2.75) is 32.2 Å². The van der Waals surface area contributed by atoms with Crippen molar-refractivity contribution in [2.24, 2.45) is 18.7 Å². The molecule has 21 heavy (non-hydrogen) atoms. The number of carbonyl (C=O) groups excluding carboxylic acids is 1. The molecule has 0 unspecified atom stereocenters. The molecule has 0 spiro atoms. The number of hydrogen-bond acceptors (Lipinski definition) is 3. The maximum absolute atomic E-state index is 11.4. The minimum absolute atomic E-state index is 0.0121. The van der Waals surface area contributed by atoms with Crippen molar-refractivity contribution in [3.05, 3.63) is 36.0 Å². The summed E-state index contributed by atoms with van der Waals surface area (Å²) in [6.45, 7) is 1.86. The standard InChI is InChI=1S/C17H24N2O2/c1-12(17(20)21-3)10-14(18)9-8-13-11-19(2)16-7-5-4-6-15(13)16/h4-7,11-12,14H,8-10,18H2,1-3H3/t12-,14-/m0/s1. The highest BCUT2D eigenvalue weighted by atomic mass is 16.5. The van der Waals surface area contributed by atoms with Crippen LogP contribution in [0.3, 0.4) is 0 Å². The second-order valence-electron chi connectivity index (χ2n) is 5.74. The fraction of sp³-hybridized carbons (Fsp3) is 0.471. The number of nitrogens with two attached hydrogens (primary N) is 1. The molecule has 0 saturated heterocycles. The van der Waals surface area contributed by atoms with Crippen molar-refractivity contribution in [3.8, 4) is 0 Å². The zero-order valence-corrected chi connectivity index (χ0v) is 13.0. The highest BCUT2D eigenvalue weighted by Crippen LogP contribution is 2.22. The Morgan fingerprint density at radius 1 is 1.38 bits per heavy atom. The lowest BCUT2D eigenvalue weighted by molar-refractivity contribution is -0.145. The van der Waals surface area contributed by atoms with Gasteiger partial charge in [-0.3, -0.25) is 4.79 Å². The molecule has 4 nitrogen and oxygen atoms in total. The Morgan fingerprint density at radius 2 is 2.10 bits per heavy atom. The number of aromatic nitrogens is 1. The minimum atomic E-state index is -0.185. The van der Waals surface area contributed by atoms with E-state index >= 15 is 0 Å². The van der Waals surface area contributed by atoms with Gasteiger partial charge in [0.2, 0.25) is 0 Å². The summed E-state index contributed by atoms with van der Waals surface area (Å²) in [7, 11) is 3.48. The van der Waals surface area contributed by atoms with E-state index in [4.69, 9.17) is 10.5 Å². The predicted octanol–water partition coefficient (Wildman–Crippen LogP) is 2.64. The number of benzene rings is 1. The van der Waals surface area contributed by atoms with E-state index in [9.17, 15) is 4.79 Å². The van der Waals surface area contributed by atoms with Crippen molar-refractivity contribution < 1.29 is 9.53 Å². The zero-order valence-electron chi connectivity index (χ0n) is 13.0. The molecule has 0 amide bonds. The second-order valence-corrected chi connectivity index (χ2v) is 5.74. The Morgan fingerprint density at radius 3 is 2.81 bits per heavy atom. The van der Waals surface area contributed by atoms with E-state index in [-0.39, 0.29) is 17.9 Å². The predicted molar refractivity (Wildman–Crippen MR) is 85.0 cm³/mol. The first-order valence-electron chi connectivity index (χ1n) is 7.39. The summed E-state index contributed by atoms with van der Waals surface area (Å²) in [5, 5.41) is 1.29. The largest absolute Gasteiger partial charge is 0.469 e. The van der Waals surface area contributed by atoms with E-state index in [0.717, 1.165) is 12.8 Å². The lowest BCUT2D eigenvalue weighted by Crippen LogP contribution is -2.27. The lowest BCUT2D eigenvalue weighted by Gasteiger charge is -2.15. The normalized spacial score (nSPS) is 14.1. The molecule has 0 aliphatic carbocycles. The number of ether oxygens (including phenoxy) is 1. The Balaban J connectivity index is 1.97. The maximum atomic E-state index is 11.4. The first kappa shape index (κ1) is 15.6. The van der Waals surface area contributed by atoms with Crippen LogP contribution >= 0.6 is 0 Å². The van der Waals surface area contributed by atoms with E-state index in [1.165, 1.54) is 23.6 Å². The van der Waals surface area contributed by atoms with E-state index in [1.807, 2.05) is 6.92 Å². The monoisotopic (exact) mass is 288 g/mol. The van der Waals surface area contributed by atoms with Crippen LogP contribution in [0.15, 0.2) is 30.5 Å². The van der Waals surface area contributed by atoms with Crippen molar-refractivity contribution >= 4 is 16.9 Å². The molecule has 2 rings (SSSR count). The molecule has 0 saturated carbocycles. The molecule has 0 aliphatic rings. The molecule has 1 aromatic heterocycles. The van der Waals surface area contributed by atoms with Gasteiger partial charge in [0.15, 0.2) is 0 Å². The molecule has 2 atom stereocenters. The fourth-order valence-electron chi connectivity index (χ4n) is 2.84. The van der Waals surface area contributed by atoms with Crippen LogP contribution in [0.1, 0.15) is 25.3 Å². The number of para-hydroxylation sites is 1. The van der Waals surface area contributed by atoms with Gasteiger partial charge in [0.05, 0.1) is 13.0 Å². The fourth-order valence-corrected chi connectivity index (χ4v) is 2.84. The molecule has 114 valence electrons. The van der Waals surface area contributed by atoms with Crippen molar-refractivity contribution in [1.29, 1.82) is 0 Å². The van der Waals surface area contributed by atoms with Crippen LogP contribution in [0.4, 0.5) is 0 Å². The average molecular weight is 288 g/mol. The number of carbonyl (C=O) groups is 1. The zero-order chi connectivity index (χ0) is 15.4. The molecule has 0 aliphatic heterocycles. The van der Waals surface area contributed by atoms with E-state index in [0.29, 0.717) is 6.42 Å². The molecule has 2 N–H and O–H groups in total. The summed E-state index contributed by atoms with van der Waals surface area (Å²) < 4.78 is 6.88. The Labute approximate surface area is 125 Å². The highest BCUT2D eigenvalue weighted by Gasteiger charge is 2.17. The number of aryl methyl sites for hydroxylation is 2. The molecule has 1 heterocycles. The molecule has 0 bridgehead atoms. The summed E-state index contributed by atoms with van der Waals surface area (Å²) >= 11 is 0. The molecular weight excluding hydrogens is 264 g/mol. The van der Waals surface area contributed by atoms with Crippen molar-refractivity contribution in [2.75, 3.05) is 7.11 Å². The summed E-state index contributed by atoms with van der Waals surface area (Å²) in [6.07, 6.45) is 4.63. The van der Waals surface area contributed by atoms with Gasteiger partial charge >= 0.3 is 5.97 Å². The SMILES string of the molecule is COC(=O)[C@@H](C)C[C@@H](N)CCc1cn(C)c2ccccc12. The maximum Gasteiger partial charge on any atom is 0.308 e. The third kappa shape index (κ3) is 3.64. The Kier molecular flexibility index (Phi) is 5.02. The molecule has 0 radical (unpaired) electrons. The van der Waals surface area contributed by atoms with Gasteiger partial charge in [-0.2, -0.15) is 0 Å². The van der Waals surface area contributed by atoms with Crippen LogP contribution in [0, 0.1) is 5.92 Å². The average Bonchev–Trinajstić information content (AvgIpc) is 2.81. The van der Waals surface area contributed by atoms with Gasteiger partial charge in [-0.05, 0) is 30.9 Å². The summed E-state index contributed by atoms with van der Waals surface area (Å²) in [4.78, 5) is 11.4. The third-order valence-corrected chi connectivity index (χ3v) is 4.02. The van der Waals surface area contributed by atoms with Crippen molar-refractivity contribution in [1.82, 2.24) is 4.57 Å². The highest BCUT2D eigenvalue weighted by molar-refractivity contribution is 5.83. The van der Waals surface area contributed by atoms with Gasteiger partial charge in [0, 0.05) is 30.2 Å². The van der Waals surface area contributed by atoms with Gasteiger partial charge in [0.1, 0.15) is 0 Å². The van der Waals surface area contributed by atoms with Gasteiger partial charge in [0.25, 0.3) is 0 Å². The van der Waals surface area contributed by atoms with Crippen LogP contribution < -0.4 is 5.73 Å². The summed E-state index contributed by atoms with van der Waals surface area (Å²) in [5.41, 5.74) is 8.71. The Bertz CT molecular complexity index is 618. The minimum Gasteiger partial charge on any atom is -0.469 e. The third-order valence-electron chi connectivity index (χ3n) is 4.02. The molecule has 1 aromatic carbocycles. The summed E-state index contributed by atoms with van der Waals surface area (Å²) in [6, 6.07) is 8.39. The molecule has 0 fully saturated rings. The van der Waals surface area contributed by atoms with Gasteiger partial charge in [-0.1, -0.05) is 25.1 Å². The summed E-state index contributed by atoms with van der Waals surface area (Å²) in [5.74, 6) is -0.326. The number of fused-ring (bicyclic) bond motifs is 1. The van der Waals surface area contributed by atoms with Gasteiger partial charge in [-0.25, -0.2) is 0 Å². The van der Waals surface area contributed by atoms with Crippen LogP contribution in [0.5, 0.6) is 0 Å². The first-order valence-corrected chi connectivity index (χ1v) is 7.39. The molecule has 4 heteroatoms. The number of esters is 1. The lowest BCUT2D eigenvalue weighted by atomic mass is 9.97. The van der Waals surface area contributed by atoms with Crippen LogP contribution in [0.2, 0.25) is 0 Å². The van der Waals surface area contributed by atoms with Crippen LogP contribution in [-0.2, 0) is 23.0 Å². The van der Waals surface area contributed by atoms with E-state index in [1.54, 1.807) is 0 Å². The van der Waals surface area contributed by atoms with E-state index in [2.05, 4.69) is 42.1 Å². The van der Waals surface area contributed by atoms with Gasteiger partial charge < -0.3 is 15.0 Å². The van der Waals surface area contributed by atoms with E-state index < -0.39 is 0 Å². The topological polar surface area (TPSA) is 57.2 Å². The number of rotatable bonds is 6. The van der Waals surface area contributed by atoms with Crippen molar-refractivity contribution in [3.63, 3.8) is 0 Å². The smallest absolute Gasteiger partial charge is 0.308 e. The molecular formula is C17H24N2O2. The number of nitrogens with zero attached hydrogens (tertiary/aromatic N) is 1. The molecule has 2 aromatic rings. The van der Waals surface area contributed by atoms with Crippen LogP contribution in [-0.4, -0.2) is 23.7 Å². The Hall–Kier alpha value is -1.81. The van der Waals surface area contributed by atoms with Gasteiger partial charge in [-0.15, -0.1) is 0 Å². The number of methoxy groups -OCH3 is 1. The quantitative estimate of drug-likeness (QED) is 0.831. The number of hydrogen-bond donors (Lipinski definition) is 1.